The molecule has 0 radical (unpaired) electrons. The minimum atomic E-state index is -2.02. The highest BCUT2D eigenvalue weighted by Crippen LogP contribution is 2.35. The van der Waals surface area contributed by atoms with E-state index in [1.54, 1.807) is 7.11 Å². The van der Waals surface area contributed by atoms with E-state index in [-0.39, 0.29) is 0 Å². The van der Waals surface area contributed by atoms with E-state index < -0.39 is 18.4 Å². The number of halogens is 3. The van der Waals surface area contributed by atoms with Gasteiger partial charge in [-0.15, -0.1) is 0 Å². The second-order valence-electron chi connectivity index (χ2n) is 6.14. The van der Waals surface area contributed by atoms with E-state index in [0.717, 1.165) is 12.5 Å². The van der Waals surface area contributed by atoms with Gasteiger partial charge >= 0.3 is 0 Å². The smallest absolute Gasteiger partial charge is 0.239 e. The first kappa shape index (κ1) is 23.7. The first-order chi connectivity index (χ1) is 10.7. The van der Waals surface area contributed by atoms with Crippen LogP contribution in [-0.2, 0) is 13.9 Å². The van der Waals surface area contributed by atoms with E-state index in [1.165, 1.54) is 25.7 Å². The standard InChI is InChI=1S/C16H31Cl3O3Si/c1-5-6-7-8-9-10-11-14-23(3,4)22-15(16(17,18)19)21-13-12-20-2/h10-11,15H,5-9,12-14H2,1-4H3/b11-10-. The van der Waals surface area contributed by atoms with Gasteiger partial charge in [0.15, 0.2) is 14.6 Å². The lowest BCUT2D eigenvalue weighted by atomic mass is 10.1. The molecule has 23 heavy (non-hydrogen) atoms. The van der Waals surface area contributed by atoms with Crippen LogP contribution in [0.25, 0.3) is 0 Å². The van der Waals surface area contributed by atoms with Crippen LogP contribution < -0.4 is 0 Å². The molecule has 1 atom stereocenters. The van der Waals surface area contributed by atoms with E-state index in [9.17, 15) is 0 Å². The highest BCUT2D eigenvalue weighted by Gasteiger charge is 2.39. The number of rotatable bonds is 13. The number of methoxy groups -OCH3 is 1. The molecule has 0 amide bonds. The fourth-order valence-corrected chi connectivity index (χ4v) is 4.15. The molecule has 0 aromatic rings. The lowest BCUT2D eigenvalue weighted by molar-refractivity contribution is -0.0941. The Bertz CT molecular complexity index is 320. The first-order valence-corrected chi connectivity index (χ1v) is 12.5. The normalized spacial score (nSPS) is 14.6. The van der Waals surface area contributed by atoms with Crippen LogP contribution in [-0.4, -0.2) is 38.7 Å². The van der Waals surface area contributed by atoms with Crippen molar-refractivity contribution in [2.75, 3.05) is 20.3 Å². The van der Waals surface area contributed by atoms with Gasteiger partial charge in [-0.05, 0) is 32.0 Å². The van der Waals surface area contributed by atoms with Crippen LogP contribution in [0.1, 0.15) is 39.0 Å². The molecule has 138 valence electrons. The zero-order chi connectivity index (χ0) is 17.8. The SMILES string of the molecule is CCCCCC/C=C\C[Si](C)(C)OC(OCCOC)C(Cl)(Cl)Cl. The molecule has 0 N–H and O–H groups in total. The summed E-state index contributed by atoms with van der Waals surface area (Å²) in [6.45, 7) is 7.17. The van der Waals surface area contributed by atoms with Crippen LogP contribution in [0.15, 0.2) is 12.2 Å². The number of hydrogen-bond acceptors (Lipinski definition) is 3. The predicted molar refractivity (Wildman–Crippen MR) is 103 cm³/mol. The number of hydrogen-bond donors (Lipinski definition) is 0. The number of ether oxygens (including phenoxy) is 2. The quantitative estimate of drug-likeness (QED) is 0.122. The van der Waals surface area contributed by atoms with E-state index in [4.69, 9.17) is 48.7 Å². The van der Waals surface area contributed by atoms with Gasteiger partial charge in [-0.1, -0.05) is 73.1 Å². The summed E-state index contributed by atoms with van der Waals surface area (Å²) in [4.78, 5) is 0. The lowest BCUT2D eigenvalue weighted by Gasteiger charge is -2.32. The minimum absolute atomic E-state index is 0.326. The Morgan fingerprint density at radius 3 is 2.30 bits per heavy atom. The van der Waals surface area contributed by atoms with Crippen molar-refractivity contribution in [1.29, 1.82) is 0 Å². The third-order valence-corrected chi connectivity index (χ3v) is 5.86. The Hall–Kier alpha value is 0.707. The van der Waals surface area contributed by atoms with Crippen molar-refractivity contribution in [2.24, 2.45) is 0 Å². The largest absolute Gasteiger partial charge is 0.389 e. The molecule has 0 aliphatic heterocycles. The topological polar surface area (TPSA) is 27.7 Å². The molecule has 0 aliphatic carbocycles. The monoisotopic (exact) mass is 404 g/mol. The van der Waals surface area contributed by atoms with Crippen LogP contribution in [0.3, 0.4) is 0 Å². The van der Waals surface area contributed by atoms with Crippen LogP contribution >= 0.6 is 34.8 Å². The summed E-state index contributed by atoms with van der Waals surface area (Å²) in [5, 5.41) is 0. The van der Waals surface area contributed by atoms with Crippen molar-refractivity contribution in [1.82, 2.24) is 0 Å². The molecule has 1 unspecified atom stereocenters. The number of allylic oxidation sites excluding steroid dienone is 2. The maximum atomic E-state index is 6.01. The van der Waals surface area contributed by atoms with Gasteiger partial charge in [-0.2, -0.15) is 0 Å². The van der Waals surface area contributed by atoms with Gasteiger partial charge < -0.3 is 13.9 Å². The number of alkyl halides is 3. The molecular formula is C16H31Cl3O3Si. The maximum Gasteiger partial charge on any atom is 0.239 e. The molecule has 0 saturated heterocycles. The molecule has 0 heterocycles. The Labute approximate surface area is 157 Å². The van der Waals surface area contributed by atoms with Crippen molar-refractivity contribution in [3.63, 3.8) is 0 Å². The van der Waals surface area contributed by atoms with E-state index in [0.29, 0.717) is 13.2 Å². The lowest BCUT2D eigenvalue weighted by Crippen LogP contribution is -2.43. The molecule has 0 bridgehead atoms. The molecule has 0 aromatic heterocycles. The molecule has 0 aromatic carbocycles. The Morgan fingerprint density at radius 1 is 1.04 bits per heavy atom. The van der Waals surface area contributed by atoms with E-state index >= 15 is 0 Å². The second-order valence-corrected chi connectivity index (χ2v) is 12.7. The fourth-order valence-electron chi connectivity index (χ4n) is 1.95. The third-order valence-electron chi connectivity index (χ3n) is 3.25. The van der Waals surface area contributed by atoms with Crippen molar-refractivity contribution >= 4 is 43.1 Å². The van der Waals surface area contributed by atoms with Crippen molar-refractivity contribution in [2.45, 2.75) is 68.2 Å². The highest BCUT2D eigenvalue weighted by molar-refractivity contribution is 6.72. The molecule has 0 rings (SSSR count). The van der Waals surface area contributed by atoms with Crippen LogP contribution in [0.4, 0.5) is 0 Å². The van der Waals surface area contributed by atoms with Crippen LogP contribution in [0, 0.1) is 0 Å². The summed E-state index contributed by atoms with van der Waals surface area (Å²) in [5.74, 6) is 0. The van der Waals surface area contributed by atoms with Crippen molar-refractivity contribution in [3.8, 4) is 0 Å². The van der Waals surface area contributed by atoms with Gasteiger partial charge in [0.1, 0.15) is 0 Å². The average Bonchev–Trinajstić information content (AvgIpc) is 2.44. The maximum absolute atomic E-state index is 6.01. The van der Waals surface area contributed by atoms with Gasteiger partial charge in [0.05, 0.1) is 13.2 Å². The fraction of sp³-hybridized carbons (Fsp3) is 0.875. The van der Waals surface area contributed by atoms with Gasteiger partial charge in [-0.25, -0.2) is 0 Å². The summed E-state index contributed by atoms with van der Waals surface area (Å²) in [6.07, 6.45) is 9.75. The summed E-state index contributed by atoms with van der Waals surface area (Å²) in [7, 11) is -0.422. The highest BCUT2D eigenvalue weighted by atomic mass is 35.6. The zero-order valence-corrected chi connectivity index (χ0v) is 18.0. The van der Waals surface area contributed by atoms with Crippen molar-refractivity contribution < 1.29 is 13.9 Å². The van der Waals surface area contributed by atoms with Gasteiger partial charge in [0.2, 0.25) is 3.79 Å². The van der Waals surface area contributed by atoms with Gasteiger partial charge in [-0.3, -0.25) is 0 Å². The molecular weight excluding hydrogens is 375 g/mol. The van der Waals surface area contributed by atoms with Crippen molar-refractivity contribution in [3.05, 3.63) is 12.2 Å². The summed E-state index contributed by atoms with van der Waals surface area (Å²) in [6, 6.07) is 0.867. The van der Waals surface area contributed by atoms with Crippen LogP contribution in [0.2, 0.25) is 19.1 Å². The average molecular weight is 406 g/mol. The summed E-state index contributed by atoms with van der Waals surface area (Å²) >= 11 is 17.9. The Morgan fingerprint density at radius 2 is 1.74 bits per heavy atom. The molecule has 0 spiro atoms. The third kappa shape index (κ3) is 13.7. The summed E-state index contributed by atoms with van der Waals surface area (Å²) in [5.41, 5.74) is 0. The number of unbranched alkanes of at least 4 members (excludes halogenated alkanes) is 4. The Balaban J connectivity index is 4.28. The minimum Gasteiger partial charge on any atom is -0.389 e. The van der Waals surface area contributed by atoms with E-state index in [2.05, 4.69) is 32.2 Å². The summed E-state index contributed by atoms with van der Waals surface area (Å²) < 4.78 is 14.9. The molecule has 0 aliphatic rings. The predicted octanol–water partition coefficient (Wildman–Crippen LogP) is 6.09. The molecule has 7 heteroatoms. The Kier molecular flexibility index (Phi) is 13.4. The molecule has 0 fully saturated rings. The zero-order valence-electron chi connectivity index (χ0n) is 14.7. The van der Waals surface area contributed by atoms with E-state index in [1.807, 2.05) is 0 Å². The second kappa shape index (κ2) is 13.0. The first-order valence-electron chi connectivity index (χ1n) is 8.23. The molecule has 0 saturated carbocycles. The van der Waals surface area contributed by atoms with Crippen LogP contribution in [0.5, 0.6) is 0 Å². The van der Waals surface area contributed by atoms with Gasteiger partial charge in [0, 0.05) is 7.11 Å². The van der Waals surface area contributed by atoms with Gasteiger partial charge in [0.25, 0.3) is 0 Å². The molecule has 3 nitrogen and oxygen atoms in total.